The van der Waals surface area contributed by atoms with E-state index in [2.05, 4.69) is 5.32 Å². The molecule has 0 unspecified atom stereocenters. The number of nitrogens with two attached hydrogens (primary N) is 1. The first-order chi connectivity index (χ1) is 9.43. The number of primary amides is 1. The van der Waals surface area contributed by atoms with Crippen LogP contribution in [-0.4, -0.2) is 17.9 Å². The summed E-state index contributed by atoms with van der Waals surface area (Å²) < 4.78 is 26.1. The molecule has 20 heavy (non-hydrogen) atoms. The highest BCUT2D eigenvalue weighted by molar-refractivity contribution is 5.87. The fourth-order valence-corrected chi connectivity index (χ4v) is 1.78. The van der Waals surface area contributed by atoms with E-state index < -0.39 is 29.5 Å². The topological polar surface area (TPSA) is 72.2 Å². The second-order valence-corrected chi connectivity index (χ2v) is 4.58. The molecular weight excluding hydrogens is 266 g/mol. The van der Waals surface area contributed by atoms with Gasteiger partial charge in [0.2, 0.25) is 11.8 Å². The first kappa shape index (κ1) is 16.1. The Labute approximate surface area is 116 Å². The van der Waals surface area contributed by atoms with E-state index in [0.29, 0.717) is 12.5 Å². The minimum Gasteiger partial charge on any atom is -0.368 e. The first-order valence-electron chi connectivity index (χ1n) is 6.46. The second kappa shape index (κ2) is 7.57. The maximum atomic E-state index is 13.4. The van der Waals surface area contributed by atoms with Gasteiger partial charge in [0.25, 0.3) is 0 Å². The van der Waals surface area contributed by atoms with Crippen LogP contribution in [0.2, 0.25) is 0 Å². The van der Waals surface area contributed by atoms with Crippen LogP contribution in [0, 0.1) is 11.6 Å². The van der Waals surface area contributed by atoms with Gasteiger partial charge in [0, 0.05) is 6.07 Å². The predicted molar refractivity (Wildman–Crippen MR) is 70.7 cm³/mol. The summed E-state index contributed by atoms with van der Waals surface area (Å²) in [6.45, 7) is 1.95. The van der Waals surface area contributed by atoms with Gasteiger partial charge in [0.05, 0.1) is 6.42 Å². The lowest BCUT2D eigenvalue weighted by molar-refractivity contribution is -0.127. The molecule has 0 saturated heterocycles. The molecule has 0 heterocycles. The Kier molecular flexibility index (Phi) is 6.09. The molecule has 1 rings (SSSR count). The third-order valence-electron chi connectivity index (χ3n) is 2.89. The summed E-state index contributed by atoms with van der Waals surface area (Å²) in [4.78, 5) is 22.9. The summed E-state index contributed by atoms with van der Waals surface area (Å²) in [7, 11) is 0. The van der Waals surface area contributed by atoms with E-state index in [9.17, 15) is 18.4 Å². The molecule has 0 spiro atoms. The second-order valence-electron chi connectivity index (χ2n) is 4.58. The monoisotopic (exact) mass is 284 g/mol. The fourth-order valence-electron chi connectivity index (χ4n) is 1.78. The summed E-state index contributed by atoms with van der Waals surface area (Å²) in [6, 6.07) is 2.24. The molecule has 0 fully saturated rings. The molecule has 0 bridgehead atoms. The minimum absolute atomic E-state index is 0.0719. The van der Waals surface area contributed by atoms with Gasteiger partial charge in [-0.3, -0.25) is 9.59 Å². The molecule has 3 N–H and O–H groups in total. The molecule has 0 aliphatic carbocycles. The normalized spacial score (nSPS) is 11.9. The fraction of sp³-hybridized carbons (Fsp3) is 0.429. The number of carbonyl (C=O) groups excluding carboxylic acids is 2. The molecule has 2 amide bonds. The van der Waals surface area contributed by atoms with Crippen LogP contribution in [-0.2, 0) is 16.0 Å². The van der Waals surface area contributed by atoms with E-state index in [-0.39, 0.29) is 12.0 Å². The van der Waals surface area contributed by atoms with Gasteiger partial charge in [0.1, 0.15) is 17.7 Å². The van der Waals surface area contributed by atoms with Crippen LogP contribution in [0.4, 0.5) is 8.78 Å². The smallest absolute Gasteiger partial charge is 0.239 e. The van der Waals surface area contributed by atoms with Crippen molar-refractivity contribution in [1.29, 1.82) is 0 Å². The summed E-state index contributed by atoms with van der Waals surface area (Å²) in [5.41, 5.74) is 5.26. The van der Waals surface area contributed by atoms with Crippen molar-refractivity contribution in [2.24, 2.45) is 5.73 Å². The molecular formula is C14H18F2N2O2. The molecule has 0 saturated carbocycles. The van der Waals surface area contributed by atoms with E-state index in [1.165, 1.54) is 6.07 Å². The first-order valence-corrected chi connectivity index (χ1v) is 6.46. The number of hydrogen-bond acceptors (Lipinski definition) is 2. The van der Waals surface area contributed by atoms with Crippen molar-refractivity contribution in [3.63, 3.8) is 0 Å². The Balaban J connectivity index is 2.63. The Morgan fingerprint density at radius 2 is 2.05 bits per heavy atom. The molecule has 110 valence electrons. The van der Waals surface area contributed by atoms with Crippen molar-refractivity contribution in [1.82, 2.24) is 5.32 Å². The number of unbranched alkanes of at least 4 members (excludes halogenated alkanes) is 1. The van der Waals surface area contributed by atoms with Gasteiger partial charge in [-0.05, 0) is 18.1 Å². The zero-order valence-electron chi connectivity index (χ0n) is 11.3. The summed E-state index contributed by atoms with van der Waals surface area (Å²) in [5.74, 6) is -2.63. The quantitative estimate of drug-likeness (QED) is 0.799. The standard InChI is InChI=1S/C14H18F2N2O2/c1-2-3-4-12(14(17)20)18-13(19)7-9-5-6-10(15)8-11(9)16/h5-6,8,12H,2-4,7H2,1H3,(H2,17,20)(H,18,19)/t12-/m0/s1. The van der Waals surface area contributed by atoms with Gasteiger partial charge in [-0.2, -0.15) is 0 Å². The largest absolute Gasteiger partial charge is 0.368 e. The predicted octanol–water partition coefficient (Wildman–Crippen LogP) is 1.67. The lowest BCUT2D eigenvalue weighted by Crippen LogP contribution is -2.45. The Hall–Kier alpha value is -1.98. The lowest BCUT2D eigenvalue weighted by atomic mass is 10.1. The van der Waals surface area contributed by atoms with Crippen LogP contribution >= 0.6 is 0 Å². The molecule has 1 aromatic carbocycles. The van der Waals surface area contributed by atoms with Crippen molar-refractivity contribution in [2.75, 3.05) is 0 Å². The van der Waals surface area contributed by atoms with Gasteiger partial charge >= 0.3 is 0 Å². The van der Waals surface area contributed by atoms with Crippen molar-refractivity contribution in [3.8, 4) is 0 Å². The highest BCUT2D eigenvalue weighted by Crippen LogP contribution is 2.10. The van der Waals surface area contributed by atoms with Gasteiger partial charge in [-0.25, -0.2) is 8.78 Å². The van der Waals surface area contributed by atoms with Gasteiger partial charge in [0.15, 0.2) is 0 Å². The number of nitrogens with one attached hydrogen (secondary N) is 1. The summed E-state index contributed by atoms with van der Waals surface area (Å²) >= 11 is 0. The maximum absolute atomic E-state index is 13.4. The summed E-state index contributed by atoms with van der Waals surface area (Å²) in [6.07, 6.45) is 1.80. The number of benzene rings is 1. The highest BCUT2D eigenvalue weighted by Gasteiger charge is 2.18. The third-order valence-corrected chi connectivity index (χ3v) is 2.89. The van der Waals surface area contributed by atoms with E-state index in [0.717, 1.165) is 18.9 Å². The molecule has 0 aromatic heterocycles. The van der Waals surface area contributed by atoms with Gasteiger partial charge in [-0.1, -0.05) is 25.8 Å². The van der Waals surface area contributed by atoms with E-state index in [1.807, 2.05) is 6.92 Å². The van der Waals surface area contributed by atoms with Crippen LogP contribution in [0.1, 0.15) is 31.7 Å². The van der Waals surface area contributed by atoms with Crippen molar-refractivity contribution in [3.05, 3.63) is 35.4 Å². The van der Waals surface area contributed by atoms with Crippen LogP contribution in [0.15, 0.2) is 18.2 Å². The average molecular weight is 284 g/mol. The number of amides is 2. The minimum atomic E-state index is -0.788. The molecule has 0 radical (unpaired) electrons. The van der Waals surface area contributed by atoms with Crippen molar-refractivity contribution >= 4 is 11.8 Å². The zero-order chi connectivity index (χ0) is 15.1. The SMILES string of the molecule is CCCC[C@H](NC(=O)Cc1ccc(F)cc1F)C(N)=O. The van der Waals surface area contributed by atoms with Gasteiger partial charge < -0.3 is 11.1 Å². The number of rotatable bonds is 7. The van der Waals surface area contributed by atoms with Crippen LogP contribution in [0.5, 0.6) is 0 Å². The number of halogens is 2. The molecule has 0 aliphatic rings. The molecule has 6 heteroatoms. The Bertz CT molecular complexity index is 492. The van der Waals surface area contributed by atoms with Crippen LogP contribution in [0.3, 0.4) is 0 Å². The molecule has 4 nitrogen and oxygen atoms in total. The lowest BCUT2D eigenvalue weighted by Gasteiger charge is -2.15. The van der Waals surface area contributed by atoms with E-state index >= 15 is 0 Å². The number of hydrogen-bond donors (Lipinski definition) is 2. The van der Waals surface area contributed by atoms with Crippen LogP contribution in [0.25, 0.3) is 0 Å². The summed E-state index contributed by atoms with van der Waals surface area (Å²) in [5, 5.41) is 2.47. The van der Waals surface area contributed by atoms with Gasteiger partial charge in [-0.15, -0.1) is 0 Å². The number of carbonyl (C=O) groups is 2. The van der Waals surface area contributed by atoms with E-state index in [1.54, 1.807) is 0 Å². The zero-order valence-corrected chi connectivity index (χ0v) is 11.3. The molecule has 0 aliphatic heterocycles. The van der Waals surface area contributed by atoms with Crippen molar-refractivity contribution < 1.29 is 18.4 Å². The highest BCUT2D eigenvalue weighted by atomic mass is 19.1. The molecule has 1 atom stereocenters. The third kappa shape index (κ3) is 4.95. The Morgan fingerprint density at radius 3 is 2.60 bits per heavy atom. The molecule has 1 aromatic rings. The van der Waals surface area contributed by atoms with E-state index in [4.69, 9.17) is 5.73 Å². The van der Waals surface area contributed by atoms with Crippen LogP contribution < -0.4 is 11.1 Å². The maximum Gasteiger partial charge on any atom is 0.239 e. The average Bonchev–Trinajstić information content (AvgIpc) is 2.37. The van der Waals surface area contributed by atoms with Crippen molar-refractivity contribution in [2.45, 2.75) is 38.6 Å². The Morgan fingerprint density at radius 1 is 1.35 bits per heavy atom.